The fourth-order valence-corrected chi connectivity index (χ4v) is 4.11. The fourth-order valence-electron chi connectivity index (χ4n) is 4.11. The van der Waals surface area contributed by atoms with Gasteiger partial charge in [0.1, 0.15) is 11.5 Å². The van der Waals surface area contributed by atoms with Gasteiger partial charge in [-0.2, -0.15) is 0 Å². The average Bonchev–Trinajstić information content (AvgIpc) is 3.02. The molecule has 3 N–H and O–H groups in total. The van der Waals surface area contributed by atoms with E-state index in [1.807, 2.05) is 4.90 Å². The third-order valence-corrected chi connectivity index (χ3v) is 5.58. The van der Waals surface area contributed by atoms with Crippen LogP contribution in [0, 0.1) is 18.7 Å². The van der Waals surface area contributed by atoms with Gasteiger partial charge in [-0.15, -0.1) is 0 Å². The molecule has 0 radical (unpaired) electrons. The third kappa shape index (κ3) is 3.08. The Morgan fingerprint density at radius 2 is 2.13 bits per heavy atom. The molecule has 0 spiro atoms. The number of amides is 2. The number of carbonyl (C=O) groups is 2. The molecule has 4 heterocycles. The number of carbonyl (C=O) groups excluding carboxylic acids is 1. The number of hydrogen-bond donors (Lipinski definition) is 3. The first kappa shape index (κ1) is 18.3. The van der Waals surface area contributed by atoms with E-state index in [1.165, 1.54) is 22.9 Å². The van der Waals surface area contributed by atoms with Crippen molar-refractivity contribution >= 4 is 29.2 Å². The smallest absolute Gasteiger partial charge is 0.405 e. The summed E-state index contributed by atoms with van der Waals surface area (Å²) in [5.41, 5.74) is 0.809. The molecule has 1 saturated carbocycles. The summed E-state index contributed by atoms with van der Waals surface area (Å²) in [6.07, 6.45) is 5.86. The molecule has 3 aromatic heterocycles. The maximum Gasteiger partial charge on any atom is 0.405 e. The predicted octanol–water partition coefficient (Wildman–Crippen LogP) is 1.67. The molecule has 2 amide bonds. The molecule has 10 nitrogen and oxygen atoms in total. The Bertz CT molecular complexity index is 1180. The molecule has 0 aromatic carbocycles. The zero-order valence-electron chi connectivity index (χ0n) is 16.0. The van der Waals surface area contributed by atoms with Crippen LogP contribution >= 0.6 is 0 Å². The van der Waals surface area contributed by atoms with E-state index >= 15 is 0 Å². The van der Waals surface area contributed by atoms with Crippen LogP contribution in [0.2, 0.25) is 0 Å². The number of hydrogen-bond acceptors (Lipinski definition) is 6. The van der Waals surface area contributed by atoms with Crippen LogP contribution in [0.1, 0.15) is 22.6 Å². The van der Waals surface area contributed by atoms with E-state index in [4.69, 9.17) is 5.11 Å². The van der Waals surface area contributed by atoms with Gasteiger partial charge in [0.2, 0.25) is 0 Å². The zero-order valence-corrected chi connectivity index (χ0v) is 16.0. The molecule has 1 saturated heterocycles. The Morgan fingerprint density at radius 3 is 2.87 bits per heavy atom. The molecule has 2 atom stereocenters. The van der Waals surface area contributed by atoms with Crippen molar-refractivity contribution < 1.29 is 19.1 Å². The molecule has 5 rings (SSSR count). The molecular formula is C19H18FN7O3. The van der Waals surface area contributed by atoms with E-state index < -0.39 is 23.4 Å². The first-order valence-electron chi connectivity index (χ1n) is 9.37. The normalized spacial score (nSPS) is 22.1. The van der Waals surface area contributed by atoms with E-state index in [9.17, 15) is 14.0 Å². The molecule has 154 valence electrons. The Morgan fingerprint density at radius 1 is 1.30 bits per heavy atom. The summed E-state index contributed by atoms with van der Waals surface area (Å²) < 4.78 is 15.7. The van der Waals surface area contributed by atoms with Crippen LogP contribution in [0.4, 0.5) is 20.7 Å². The van der Waals surface area contributed by atoms with Crippen LogP contribution in [-0.4, -0.2) is 55.1 Å². The number of nitrogens with zero attached hydrogens (tertiary/aromatic N) is 5. The lowest BCUT2D eigenvalue weighted by atomic mass is 10.2. The van der Waals surface area contributed by atoms with Crippen LogP contribution in [0.5, 0.6) is 0 Å². The van der Waals surface area contributed by atoms with Crippen LogP contribution in [0.15, 0.2) is 30.9 Å². The second kappa shape index (κ2) is 6.37. The van der Waals surface area contributed by atoms with Gasteiger partial charge >= 0.3 is 6.09 Å². The van der Waals surface area contributed by atoms with Crippen molar-refractivity contribution in [2.24, 2.45) is 5.92 Å². The Balaban J connectivity index is 1.28. The van der Waals surface area contributed by atoms with Crippen molar-refractivity contribution in [1.29, 1.82) is 0 Å². The van der Waals surface area contributed by atoms with Gasteiger partial charge in [0, 0.05) is 37.5 Å². The Hall–Kier alpha value is -3.76. The summed E-state index contributed by atoms with van der Waals surface area (Å²) in [7, 11) is 0. The van der Waals surface area contributed by atoms with E-state index in [1.54, 1.807) is 19.3 Å². The van der Waals surface area contributed by atoms with E-state index in [2.05, 4.69) is 25.6 Å². The van der Waals surface area contributed by atoms with Crippen LogP contribution in [0.3, 0.4) is 0 Å². The Labute approximate surface area is 169 Å². The number of halogens is 1. The van der Waals surface area contributed by atoms with Crippen LogP contribution < -0.4 is 15.5 Å². The molecular weight excluding hydrogens is 393 g/mol. The molecule has 2 fully saturated rings. The number of anilines is 2. The fraction of sp³-hybridized carbons (Fsp3) is 0.316. The first-order valence-corrected chi connectivity index (χ1v) is 9.37. The number of rotatable bonds is 4. The third-order valence-electron chi connectivity index (χ3n) is 5.58. The minimum Gasteiger partial charge on any atom is -0.465 e. The molecule has 2 aliphatic rings. The number of fused-ring (bicyclic) bond motifs is 2. The first-order chi connectivity index (χ1) is 14.3. The summed E-state index contributed by atoms with van der Waals surface area (Å²) in [6, 6.07) is 1.20. The van der Waals surface area contributed by atoms with Gasteiger partial charge in [0.15, 0.2) is 11.5 Å². The maximum atomic E-state index is 14.2. The SMILES string of the molecule is Cc1cn2cc(NC(=O)c3cnc(N4CC5CC5(NC(=O)O)C4)cn3)cc(F)c2n1. The van der Waals surface area contributed by atoms with Gasteiger partial charge in [-0.25, -0.2) is 24.1 Å². The minimum atomic E-state index is -1.03. The molecule has 2 unspecified atom stereocenters. The predicted molar refractivity (Wildman–Crippen MR) is 104 cm³/mol. The molecule has 0 bridgehead atoms. The second-order valence-electron chi connectivity index (χ2n) is 7.77. The van der Waals surface area contributed by atoms with Crippen molar-refractivity contribution in [3.63, 3.8) is 0 Å². The van der Waals surface area contributed by atoms with Gasteiger partial charge in [0.05, 0.1) is 29.3 Å². The molecule has 11 heteroatoms. The average molecular weight is 411 g/mol. The number of aromatic nitrogens is 4. The summed E-state index contributed by atoms with van der Waals surface area (Å²) in [5.74, 6) is -0.224. The summed E-state index contributed by atoms with van der Waals surface area (Å²) >= 11 is 0. The van der Waals surface area contributed by atoms with Gasteiger partial charge < -0.3 is 25.0 Å². The Kier molecular flexibility index (Phi) is 3.88. The summed E-state index contributed by atoms with van der Waals surface area (Å²) in [5, 5.41) is 14.2. The van der Waals surface area contributed by atoms with Crippen molar-refractivity contribution in [2.75, 3.05) is 23.3 Å². The number of nitrogens with one attached hydrogen (secondary N) is 2. The van der Waals surface area contributed by atoms with E-state index in [0.29, 0.717) is 24.6 Å². The van der Waals surface area contributed by atoms with Gasteiger partial charge in [-0.3, -0.25) is 4.79 Å². The van der Waals surface area contributed by atoms with Crippen molar-refractivity contribution in [3.8, 4) is 0 Å². The molecule has 1 aliphatic heterocycles. The number of imidazole rings is 1. The summed E-state index contributed by atoms with van der Waals surface area (Å²) in [4.78, 5) is 37.9. The lowest BCUT2D eigenvalue weighted by Crippen LogP contribution is -2.41. The highest BCUT2D eigenvalue weighted by atomic mass is 19.1. The lowest BCUT2D eigenvalue weighted by molar-refractivity contribution is 0.102. The molecule has 3 aromatic rings. The van der Waals surface area contributed by atoms with Crippen molar-refractivity contribution in [1.82, 2.24) is 24.7 Å². The standard InChI is InChI=1S/C19H18FN7O3/c1-10-6-26-8-12(2-13(20)16(26)23-10)24-17(28)14-4-22-15(5-21-14)27-7-11-3-19(11,9-27)25-18(29)30/h2,4-6,8,11,25H,3,7,9H2,1H3,(H,24,28)(H,29,30). The molecule has 30 heavy (non-hydrogen) atoms. The highest BCUT2D eigenvalue weighted by molar-refractivity contribution is 6.02. The highest BCUT2D eigenvalue weighted by Gasteiger charge is 2.61. The minimum absolute atomic E-state index is 0.0868. The number of aryl methyl sites for hydroxylation is 1. The number of piperidine rings is 1. The summed E-state index contributed by atoms with van der Waals surface area (Å²) in [6.45, 7) is 2.96. The van der Waals surface area contributed by atoms with E-state index in [-0.39, 0.29) is 22.9 Å². The zero-order chi connectivity index (χ0) is 21.0. The maximum absolute atomic E-state index is 14.2. The lowest BCUT2D eigenvalue weighted by Gasteiger charge is -2.21. The van der Waals surface area contributed by atoms with Gasteiger partial charge in [-0.05, 0) is 13.3 Å². The van der Waals surface area contributed by atoms with Gasteiger partial charge in [0.25, 0.3) is 5.91 Å². The largest absolute Gasteiger partial charge is 0.465 e. The highest BCUT2D eigenvalue weighted by Crippen LogP contribution is 2.50. The second-order valence-corrected chi connectivity index (χ2v) is 7.77. The number of carboxylic acid groups (broad SMARTS) is 1. The topological polar surface area (TPSA) is 125 Å². The van der Waals surface area contributed by atoms with Crippen molar-refractivity contribution in [3.05, 3.63) is 48.1 Å². The molecule has 1 aliphatic carbocycles. The monoisotopic (exact) mass is 411 g/mol. The number of pyridine rings is 1. The quantitative estimate of drug-likeness (QED) is 0.596. The van der Waals surface area contributed by atoms with E-state index in [0.717, 1.165) is 6.42 Å². The van der Waals surface area contributed by atoms with Crippen molar-refractivity contribution in [2.45, 2.75) is 18.9 Å². The van der Waals surface area contributed by atoms with Crippen LogP contribution in [0.25, 0.3) is 5.65 Å². The van der Waals surface area contributed by atoms with Crippen LogP contribution in [-0.2, 0) is 0 Å². The van der Waals surface area contributed by atoms with Gasteiger partial charge in [-0.1, -0.05) is 0 Å².